The number of aryl methyl sites for hydroxylation is 2. The summed E-state index contributed by atoms with van der Waals surface area (Å²) in [7, 11) is 0. The van der Waals surface area contributed by atoms with E-state index < -0.39 is 0 Å². The van der Waals surface area contributed by atoms with Gasteiger partial charge in [-0.1, -0.05) is 38.1 Å². The SMILES string of the molecule is CCc1ccc(C(=O)Nc2cccc(CC)c2)cc1. The van der Waals surface area contributed by atoms with Crippen molar-refractivity contribution in [1.82, 2.24) is 0 Å². The van der Waals surface area contributed by atoms with E-state index in [1.807, 2.05) is 42.5 Å². The monoisotopic (exact) mass is 253 g/mol. The summed E-state index contributed by atoms with van der Waals surface area (Å²) in [5, 5.41) is 2.93. The lowest BCUT2D eigenvalue weighted by atomic mass is 10.1. The molecule has 2 heteroatoms. The predicted octanol–water partition coefficient (Wildman–Crippen LogP) is 4.06. The highest BCUT2D eigenvalue weighted by molar-refractivity contribution is 6.04. The highest BCUT2D eigenvalue weighted by atomic mass is 16.1. The Morgan fingerprint density at radius 3 is 2.26 bits per heavy atom. The number of carbonyl (C=O) groups excluding carboxylic acids is 1. The number of hydrogen-bond donors (Lipinski definition) is 1. The molecule has 1 N–H and O–H groups in total. The fourth-order valence-electron chi connectivity index (χ4n) is 1.96. The van der Waals surface area contributed by atoms with Crippen molar-refractivity contribution in [2.24, 2.45) is 0 Å². The lowest BCUT2D eigenvalue weighted by Crippen LogP contribution is -2.11. The zero-order chi connectivity index (χ0) is 13.7. The first-order valence-corrected chi connectivity index (χ1v) is 6.72. The zero-order valence-electron chi connectivity index (χ0n) is 11.4. The van der Waals surface area contributed by atoms with E-state index in [0.29, 0.717) is 5.56 Å². The molecule has 0 spiro atoms. The molecule has 0 aromatic heterocycles. The van der Waals surface area contributed by atoms with Gasteiger partial charge in [0.1, 0.15) is 0 Å². The predicted molar refractivity (Wildman–Crippen MR) is 79.6 cm³/mol. The number of amides is 1. The summed E-state index contributed by atoms with van der Waals surface area (Å²) in [5.41, 5.74) is 4.01. The van der Waals surface area contributed by atoms with Gasteiger partial charge in [0.2, 0.25) is 0 Å². The van der Waals surface area contributed by atoms with Crippen LogP contribution in [0.15, 0.2) is 48.5 Å². The van der Waals surface area contributed by atoms with Crippen molar-refractivity contribution >= 4 is 11.6 Å². The summed E-state index contributed by atoms with van der Waals surface area (Å²) in [6.07, 6.45) is 1.95. The fourth-order valence-corrected chi connectivity index (χ4v) is 1.96. The number of benzene rings is 2. The van der Waals surface area contributed by atoms with E-state index in [9.17, 15) is 4.79 Å². The standard InChI is InChI=1S/C17H19NO/c1-3-13-8-10-15(11-9-13)17(19)18-16-7-5-6-14(4-2)12-16/h5-12H,3-4H2,1-2H3,(H,18,19). The van der Waals surface area contributed by atoms with Crippen LogP contribution in [0.4, 0.5) is 5.69 Å². The minimum Gasteiger partial charge on any atom is -0.322 e. The van der Waals surface area contributed by atoms with Gasteiger partial charge in [0.15, 0.2) is 0 Å². The quantitative estimate of drug-likeness (QED) is 0.874. The van der Waals surface area contributed by atoms with Crippen molar-refractivity contribution in [3.63, 3.8) is 0 Å². The number of carbonyl (C=O) groups is 1. The van der Waals surface area contributed by atoms with E-state index in [-0.39, 0.29) is 5.91 Å². The first-order valence-electron chi connectivity index (χ1n) is 6.72. The Balaban J connectivity index is 2.11. The Morgan fingerprint density at radius 2 is 1.63 bits per heavy atom. The lowest BCUT2D eigenvalue weighted by molar-refractivity contribution is 0.102. The zero-order valence-corrected chi connectivity index (χ0v) is 11.4. The normalized spacial score (nSPS) is 10.2. The second-order valence-corrected chi connectivity index (χ2v) is 4.56. The molecule has 2 aromatic rings. The third kappa shape index (κ3) is 3.44. The van der Waals surface area contributed by atoms with Crippen LogP contribution in [0, 0.1) is 0 Å². The first-order chi connectivity index (χ1) is 9.22. The summed E-state index contributed by atoms with van der Waals surface area (Å²) in [6.45, 7) is 4.20. The Morgan fingerprint density at radius 1 is 0.947 bits per heavy atom. The topological polar surface area (TPSA) is 29.1 Å². The van der Waals surface area contributed by atoms with Gasteiger partial charge in [-0.3, -0.25) is 4.79 Å². The van der Waals surface area contributed by atoms with E-state index in [2.05, 4.69) is 25.2 Å². The largest absolute Gasteiger partial charge is 0.322 e. The highest BCUT2D eigenvalue weighted by Crippen LogP contribution is 2.13. The second-order valence-electron chi connectivity index (χ2n) is 4.56. The molecule has 2 aromatic carbocycles. The molecule has 2 rings (SSSR count). The molecule has 0 fully saturated rings. The smallest absolute Gasteiger partial charge is 0.255 e. The number of anilines is 1. The summed E-state index contributed by atoms with van der Waals surface area (Å²) in [4.78, 5) is 12.1. The summed E-state index contributed by atoms with van der Waals surface area (Å²) < 4.78 is 0. The van der Waals surface area contributed by atoms with Crippen molar-refractivity contribution in [2.45, 2.75) is 26.7 Å². The molecular formula is C17H19NO. The van der Waals surface area contributed by atoms with Crippen LogP contribution in [0.2, 0.25) is 0 Å². The summed E-state index contributed by atoms with van der Waals surface area (Å²) in [6, 6.07) is 15.7. The van der Waals surface area contributed by atoms with E-state index in [1.54, 1.807) is 0 Å². The summed E-state index contributed by atoms with van der Waals surface area (Å²) >= 11 is 0. The average molecular weight is 253 g/mol. The van der Waals surface area contributed by atoms with Crippen molar-refractivity contribution in [1.29, 1.82) is 0 Å². The highest BCUT2D eigenvalue weighted by Gasteiger charge is 2.05. The van der Waals surface area contributed by atoms with E-state index in [1.165, 1.54) is 11.1 Å². The molecule has 0 heterocycles. The van der Waals surface area contributed by atoms with Gasteiger partial charge in [0.25, 0.3) is 5.91 Å². The molecule has 98 valence electrons. The molecule has 2 nitrogen and oxygen atoms in total. The maximum absolute atomic E-state index is 12.1. The van der Waals surface area contributed by atoms with Gasteiger partial charge in [0.05, 0.1) is 0 Å². The second kappa shape index (κ2) is 6.19. The van der Waals surface area contributed by atoms with Crippen LogP contribution in [0.5, 0.6) is 0 Å². The maximum atomic E-state index is 12.1. The van der Waals surface area contributed by atoms with Crippen LogP contribution >= 0.6 is 0 Å². The molecule has 0 saturated heterocycles. The first kappa shape index (κ1) is 13.3. The van der Waals surface area contributed by atoms with Crippen LogP contribution in [0.1, 0.15) is 35.3 Å². The Labute approximate surface area is 114 Å². The molecule has 0 bridgehead atoms. The van der Waals surface area contributed by atoms with E-state index in [4.69, 9.17) is 0 Å². The van der Waals surface area contributed by atoms with Gasteiger partial charge in [-0.2, -0.15) is 0 Å². The van der Waals surface area contributed by atoms with Crippen molar-refractivity contribution < 1.29 is 4.79 Å². The molecule has 1 amide bonds. The molecule has 0 atom stereocenters. The van der Waals surface area contributed by atoms with Crippen molar-refractivity contribution in [2.75, 3.05) is 5.32 Å². The minimum atomic E-state index is -0.0593. The van der Waals surface area contributed by atoms with Crippen LogP contribution in [0.3, 0.4) is 0 Å². The molecular weight excluding hydrogens is 234 g/mol. The van der Waals surface area contributed by atoms with Gasteiger partial charge >= 0.3 is 0 Å². The molecule has 0 aliphatic heterocycles. The Kier molecular flexibility index (Phi) is 4.35. The number of rotatable bonds is 4. The maximum Gasteiger partial charge on any atom is 0.255 e. The van der Waals surface area contributed by atoms with Crippen LogP contribution in [-0.4, -0.2) is 5.91 Å². The lowest BCUT2D eigenvalue weighted by Gasteiger charge is -2.07. The van der Waals surface area contributed by atoms with Gasteiger partial charge in [0, 0.05) is 11.3 Å². The van der Waals surface area contributed by atoms with Gasteiger partial charge < -0.3 is 5.32 Å². The molecule has 0 aliphatic carbocycles. The van der Waals surface area contributed by atoms with Crippen LogP contribution in [-0.2, 0) is 12.8 Å². The Bertz CT molecular complexity index is 558. The van der Waals surface area contributed by atoms with Gasteiger partial charge in [-0.05, 0) is 48.2 Å². The van der Waals surface area contributed by atoms with Crippen molar-refractivity contribution in [3.8, 4) is 0 Å². The van der Waals surface area contributed by atoms with E-state index in [0.717, 1.165) is 18.5 Å². The third-order valence-electron chi connectivity index (χ3n) is 3.22. The molecule has 19 heavy (non-hydrogen) atoms. The van der Waals surface area contributed by atoms with Crippen LogP contribution < -0.4 is 5.32 Å². The molecule has 0 unspecified atom stereocenters. The number of hydrogen-bond acceptors (Lipinski definition) is 1. The number of nitrogens with one attached hydrogen (secondary N) is 1. The summed E-state index contributed by atoms with van der Waals surface area (Å²) in [5.74, 6) is -0.0593. The van der Waals surface area contributed by atoms with Gasteiger partial charge in [-0.15, -0.1) is 0 Å². The average Bonchev–Trinajstić information content (AvgIpc) is 2.47. The molecule has 0 radical (unpaired) electrons. The fraction of sp³-hybridized carbons (Fsp3) is 0.235. The van der Waals surface area contributed by atoms with E-state index >= 15 is 0 Å². The van der Waals surface area contributed by atoms with Gasteiger partial charge in [-0.25, -0.2) is 0 Å². The van der Waals surface area contributed by atoms with Crippen LogP contribution in [0.25, 0.3) is 0 Å². The molecule has 0 saturated carbocycles. The third-order valence-corrected chi connectivity index (χ3v) is 3.22. The van der Waals surface area contributed by atoms with Crippen molar-refractivity contribution in [3.05, 3.63) is 65.2 Å². The molecule has 0 aliphatic rings. The minimum absolute atomic E-state index is 0.0593. The Hall–Kier alpha value is -2.09.